The van der Waals surface area contributed by atoms with E-state index in [-0.39, 0.29) is 5.91 Å². The molecule has 0 aliphatic rings. The van der Waals surface area contributed by atoms with Crippen LogP contribution in [0.3, 0.4) is 0 Å². The zero-order valence-electron chi connectivity index (χ0n) is 13.7. The maximum atomic E-state index is 12.1. The fraction of sp³-hybridized carbons (Fsp3) is 0.316. The number of methoxy groups -OCH3 is 1. The quantitative estimate of drug-likeness (QED) is 0.826. The van der Waals surface area contributed by atoms with Crippen molar-refractivity contribution < 1.29 is 9.53 Å². The van der Waals surface area contributed by atoms with Crippen LogP contribution in [0.4, 0.5) is 0 Å². The lowest BCUT2D eigenvalue weighted by atomic mass is 9.97. The van der Waals surface area contributed by atoms with Crippen molar-refractivity contribution in [2.24, 2.45) is 5.73 Å². The van der Waals surface area contributed by atoms with Gasteiger partial charge in [-0.05, 0) is 35.6 Å². The molecule has 2 aromatic carbocycles. The van der Waals surface area contributed by atoms with Gasteiger partial charge in [0.25, 0.3) is 0 Å². The normalized spacial score (nSPS) is 13.2. The Morgan fingerprint density at radius 2 is 1.74 bits per heavy atom. The summed E-state index contributed by atoms with van der Waals surface area (Å²) in [5.74, 6) is 1.07. The molecule has 122 valence electrons. The predicted molar refractivity (Wildman–Crippen MR) is 92.4 cm³/mol. The second kappa shape index (κ2) is 8.34. The highest BCUT2D eigenvalue weighted by atomic mass is 16.5. The van der Waals surface area contributed by atoms with E-state index in [1.165, 1.54) is 5.56 Å². The molecule has 0 fully saturated rings. The Hall–Kier alpha value is -2.33. The van der Waals surface area contributed by atoms with E-state index in [9.17, 15) is 4.79 Å². The number of carbonyl (C=O) groups is 1. The third-order valence-electron chi connectivity index (χ3n) is 4.00. The molecule has 0 radical (unpaired) electrons. The lowest BCUT2D eigenvalue weighted by molar-refractivity contribution is -0.122. The van der Waals surface area contributed by atoms with Crippen LogP contribution in [0.15, 0.2) is 54.6 Å². The van der Waals surface area contributed by atoms with Crippen molar-refractivity contribution in [1.29, 1.82) is 0 Å². The number of nitrogens with one attached hydrogen (secondary N) is 1. The molecule has 0 aliphatic carbocycles. The third kappa shape index (κ3) is 4.83. The molecule has 0 spiro atoms. The highest BCUT2D eigenvalue weighted by Gasteiger charge is 2.15. The second-order valence-electron chi connectivity index (χ2n) is 5.64. The molecule has 2 atom stereocenters. The lowest BCUT2D eigenvalue weighted by Gasteiger charge is -2.15. The summed E-state index contributed by atoms with van der Waals surface area (Å²) >= 11 is 0. The fourth-order valence-electron chi connectivity index (χ4n) is 2.43. The summed E-state index contributed by atoms with van der Waals surface area (Å²) in [4.78, 5) is 12.1. The molecule has 4 nitrogen and oxygen atoms in total. The van der Waals surface area contributed by atoms with Gasteiger partial charge in [-0.3, -0.25) is 4.79 Å². The van der Waals surface area contributed by atoms with Gasteiger partial charge in [-0.2, -0.15) is 0 Å². The molecule has 2 rings (SSSR count). The highest BCUT2D eigenvalue weighted by Crippen LogP contribution is 2.21. The van der Waals surface area contributed by atoms with Crippen molar-refractivity contribution in [1.82, 2.24) is 5.32 Å². The largest absolute Gasteiger partial charge is 0.497 e. The number of ether oxygens (including phenoxy) is 1. The van der Waals surface area contributed by atoms with Gasteiger partial charge in [0.1, 0.15) is 11.8 Å². The first kappa shape index (κ1) is 17.0. The number of hydrogen-bond donors (Lipinski definition) is 2. The van der Waals surface area contributed by atoms with E-state index in [4.69, 9.17) is 10.5 Å². The molecule has 2 aromatic rings. The Morgan fingerprint density at radius 3 is 2.35 bits per heavy atom. The molecule has 4 heteroatoms. The predicted octanol–water partition coefficient (Wildman–Crippen LogP) is 3.01. The summed E-state index contributed by atoms with van der Waals surface area (Å²) in [7, 11) is 1.66. The van der Waals surface area contributed by atoms with E-state index < -0.39 is 6.04 Å². The van der Waals surface area contributed by atoms with E-state index in [1.54, 1.807) is 7.11 Å². The maximum absolute atomic E-state index is 12.1. The monoisotopic (exact) mass is 312 g/mol. The summed E-state index contributed by atoms with van der Waals surface area (Å²) in [5.41, 5.74) is 8.03. The first-order chi connectivity index (χ1) is 11.1. The Kier molecular flexibility index (Phi) is 6.18. The fourth-order valence-corrected chi connectivity index (χ4v) is 2.43. The van der Waals surface area contributed by atoms with E-state index >= 15 is 0 Å². The van der Waals surface area contributed by atoms with Crippen molar-refractivity contribution in [3.8, 4) is 5.75 Å². The minimum atomic E-state index is -0.618. The molecule has 1 amide bonds. The van der Waals surface area contributed by atoms with Crippen LogP contribution in [0.1, 0.15) is 36.4 Å². The van der Waals surface area contributed by atoms with Gasteiger partial charge in [0.15, 0.2) is 0 Å². The van der Waals surface area contributed by atoms with Crippen LogP contribution in [-0.2, 0) is 4.79 Å². The standard InChI is InChI=1S/C19H24N2O2/c1-14(15-8-10-17(23-2)11-9-15)12-13-21-19(22)18(20)16-6-4-3-5-7-16/h3-11,14,18H,12-13,20H2,1-2H3,(H,21,22). The number of hydrogen-bond acceptors (Lipinski definition) is 3. The van der Waals surface area contributed by atoms with Crippen molar-refractivity contribution in [2.45, 2.75) is 25.3 Å². The van der Waals surface area contributed by atoms with Crippen molar-refractivity contribution in [3.05, 3.63) is 65.7 Å². The number of benzene rings is 2. The number of nitrogens with two attached hydrogens (primary N) is 1. The van der Waals surface area contributed by atoms with Crippen LogP contribution in [-0.4, -0.2) is 19.6 Å². The third-order valence-corrected chi connectivity index (χ3v) is 4.00. The first-order valence-corrected chi connectivity index (χ1v) is 7.84. The highest BCUT2D eigenvalue weighted by molar-refractivity contribution is 5.82. The number of rotatable bonds is 7. The summed E-state index contributed by atoms with van der Waals surface area (Å²) in [6.45, 7) is 2.75. The van der Waals surface area contributed by atoms with Gasteiger partial charge in [0.05, 0.1) is 7.11 Å². The van der Waals surface area contributed by atoms with E-state index in [0.717, 1.165) is 17.7 Å². The zero-order chi connectivity index (χ0) is 16.7. The lowest BCUT2D eigenvalue weighted by Crippen LogP contribution is -2.34. The summed E-state index contributed by atoms with van der Waals surface area (Å²) in [5, 5.41) is 2.92. The Bertz CT molecular complexity index is 611. The van der Waals surface area contributed by atoms with Gasteiger partial charge < -0.3 is 15.8 Å². The molecule has 0 aromatic heterocycles. The van der Waals surface area contributed by atoms with E-state index in [1.807, 2.05) is 42.5 Å². The van der Waals surface area contributed by atoms with Crippen LogP contribution in [0.2, 0.25) is 0 Å². The summed E-state index contributed by atoms with van der Waals surface area (Å²) in [6, 6.07) is 16.8. The maximum Gasteiger partial charge on any atom is 0.241 e. The van der Waals surface area contributed by atoms with Gasteiger partial charge in [-0.15, -0.1) is 0 Å². The van der Waals surface area contributed by atoms with Gasteiger partial charge in [0.2, 0.25) is 5.91 Å². The molecule has 0 heterocycles. The van der Waals surface area contributed by atoms with E-state index in [2.05, 4.69) is 24.4 Å². The minimum Gasteiger partial charge on any atom is -0.497 e. The summed E-state index contributed by atoms with van der Waals surface area (Å²) in [6.07, 6.45) is 0.861. The first-order valence-electron chi connectivity index (χ1n) is 7.84. The molecule has 0 saturated carbocycles. The molecule has 3 N–H and O–H groups in total. The van der Waals surface area contributed by atoms with Gasteiger partial charge in [-0.25, -0.2) is 0 Å². The second-order valence-corrected chi connectivity index (χ2v) is 5.64. The smallest absolute Gasteiger partial charge is 0.241 e. The molecular formula is C19H24N2O2. The molecule has 0 bridgehead atoms. The Balaban J connectivity index is 1.80. The minimum absolute atomic E-state index is 0.141. The average molecular weight is 312 g/mol. The molecular weight excluding hydrogens is 288 g/mol. The SMILES string of the molecule is COc1ccc(C(C)CCNC(=O)C(N)c2ccccc2)cc1. The summed E-state index contributed by atoms with van der Waals surface area (Å²) < 4.78 is 5.16. The number of carbonyl (C=O) groups excluding carboxylic acids is 1. The van der Waals surface area contributed by atoms with Crippen molar-refractivity contribution in [2.75, 3.05) is 13.7 Å². The van der Waals surface area contributed by atoms with Gasteiger partial charge >= 0.3 is 0 Å². The topological polar surface area (TPSA) is 64.3 Å². The van der Waals surface area contributed by atoms with Crippen LogP contribution in [0, 0.1) is 0 Å². The van der Waals surface area contributed by atoms with Crippen LogP contribution < -0.4 is 15.8 Å². The Labute approximate surface area is 137 Å². The van der Waals surface area contributed by atoms with Gasteiger partial charge in [0, 0.05) is 6.54 Å². The molecule has 2 unspecified atom stereocenters. The molecule has 0 saturated heterocycles. The molecule has 23 heavy (non-hydrogen) atoms. The van der Waals surface area contributed by atoms with Crippen LogP contribution in [0.25, 0.3) is 0 Å². The average Bonchev–Trinajstić information content (AvgIpc) is 2.61. The van der Waals surface area contributed by atoms with E-state index in [0.29, 0.717) is 12.5 Å². The number of amides is 1. The van der Waals surface area contributed by atoms with Crippen LogP contribution >= 0.6 is 0 Å². The van der Waals surface area contributed by atoms with Crippen molar-refractivity contribution in [3.63, 3.8) is 0 Å². The van der Waals surface area contributed by atoms with Crippen LogP contribution in [0.5, 0.6) is 5.75 Å². The Morgan fingerprint density at radius 1 is 1.09 bits per heavy atom. The van der Waals surface area contributed by atoms with Gasteiger partial charge in [-0.1, -0.05) is 49.4 Å². The zero-order valence-corrected chi connectivity index (χ0v) is 13.7. The molecule has 0 aliphatic heterocycles. The van der Waals surface area contributed by atoms with Crippen molar-refractivity contribution >= 4 is 5.91 Å².